The van der Waals surface area contributed by atoms with Crippen LogP contribution in [0.5, 0.6) is 0 Å². The van der Waals surface area contributed by atoms with Crippen molar-refractivity contribution in [2.45, 2.75) is 19.3 Å². The Morgan fingerprint density at radius 3 is 2.35 bits per heavy atom. The van der Waals surface area contributed by atoms with E-state index in [0.29, 0.717) is 19.5 Å². The third kappa shape index (κ3) is 3.87. The first kappa shape index (κ1) is 18.0. The molecular weight excluding hydrogens is 346 g/mol. The molecule has 1 aromatic carbocycles. The van der Waals surface area contributed by atoms with Crippen molar-refractivity contribution in [2.75, 3.05) is 26.2 Å². The number of nitrogens with zero attached hydrogens (tertiary/aromatic N) is 3. The predicted octanol–water partition coefficient (Wildman–Crippen LogP) is 0.905. The van der Waals surface area contributed by atoms with Crippen LogP contribution in [0.2, 0.25) is 0 Å². The van der Waals surface area contributed by atoms with E-state index >= 15 is 0 Å². The van der Waals surface area contributed by atoms with Crippen molar-refractivity contribution in [1.82, 2.24) is 15.2 Å². The number of hydrogen-bond donors (Lipinski definition) is 1. The number of rotatable bonds is 2. The summed E-state index contributed by atoms with van der Waals surface area (Å²) in [4.78, 5) is 39.1. The van der Waals surface area contributed by atoms with Crippen molar-refractivity contribution in [2.24, 2.45) is 5.10 Å². The number of carbonyl (C=O) groups is 3. The minimum atomic E-state index is -0.777. The van der Waals surface area contributed by atoms with Crippen LogP contribution in [0, 0.1) is 11.6 Å². The van der Waals surface area contributed by atoms with Gasteiger partial charge in [0.15, 0.2) is 0 Å². The maximum absolute atomic E-state index is 13.8. The Morgan fingerprint density at radius 1 is 1.00 bits per heavy atom. The van der Waals surface area contributed by atoms with Gasteiger partial charge in [-0.15, -0.1) is 0 Å². The molecule has 0 radical (unpaired) electrons. The quantitative estimate of drug-likeness (QED) is 0.847. The van der Waals surface area contributed by atoms with Gasteiger partial charge in [0.05, 0.1) is 5.56 Å². The maximum Gasteiger partial charge on any atom is 0.270 e. The summed E-state index contributed by atoms with van der Waals surface area (Å²) in [6, 6.07) is 2.76. The van der Waals surface area contributed by atoms with E-state index in [4.69, 9.17) is 0 Å². The number of carbonyl (C=O) groups excluding carboxylic acids is 3. The van der Waals surface area contributed by atoms with Crippen molar-refractivity contribution >= 4 is 23.4 Å². The van der Waals surface area contributed by atoms with E-state index in [0.717, 1.165) is 18.2 Å². The van der Waals surface area contributed by atoms with Gasteiger partial charge in [0.2, 0.25) is 5.91 Å². The van der Waals surface area contributed by atoms with E-state index in [1.54, 1.807) is 4.90 Å². The molecule has 0 atom stereocenters. The molecule has 2 aliphatic rings. The first-order chi connectivity index (χ1) is 12.5. The smallest absolute Gasteiger partial charge is 0.270 e. The molecule has 1 N–H and O–H groups in total. The van der Waals surface area contributed by atoms with Gasteiger partial charge in [-0.1, -0.05) is 0 Å². The van der Waals surface area contributed by atoms with Crippen LogP contribution < -0.4 is 5.43 Å². The van der Waals surface area contributed by atoms with Crippen molar-refractivity contribution in [3.63, 3.8) is 0 Å². The van der Waals surface area contributed by atoms with Gasteiger partial charge in [0, 0.05) is 39.0 Å². The van der Waals surface area contributed by atoms with E-state index in [9.17, 15) is 23.2 Å². The Bertz CT molecular complexity index is 781. The molecular formula is C17H18F2N4O3. The van der Waals surface area contributed by atoms with Gasteiger partial charge in [-0.25, -0.2) is 14.2 Å². The molecule has 0 aliphatic carbocycles. The molecule has 0 saturated carbocycles. The highest BCUT2D eigenvalue weighted by atomic mass is 19.1. The molecule has 3 rings (SSSR count). The molecule has 3 amide bonds. The zero-order valence-electron chi connectivity index (χ0n) is 14.0. The molecule has 0 unspecified atom stereocenters. The minimum Gasteiger partial charge on any atom is -0.337 e. The molecule has 0 spiro atoms. The molecule has 2 aliphatic heterocycles. The summed E-state index contributed by atoms with van der Waals surface area (Å²) >= 11 is 0. The molecule has 2 heterocycles. The Labute approximate surface area is 148 Å². The zero-order chi connectivity index (χ0) is 18.7. The highest BCUT2D eigenvalue weighted by Crippen LogP contribution is 2.15. The second-order valence-electron chi connectivity index (χ2n) is 6.16. The average Bonchev–Trinajstić information content (AvgIpc) is 2.89. The van der Waals surface area contributed by atoms with Crippen molar-refractivity contribution in [3.05, 3.63) is 35.4 Å². The lowest BCUT2D eigenvalue weighted by Gasteiger charge is -2.23. The molecule has 138 valence electrons. The molecule has 1 fully saturated rings. The van der Waals surface area contributed by atoms with Crippen LogP contribution in [0.15, 0.2) is 23.3 Å². The Balaban J connectivity index is 1.66. The lowest BCUT2D eigenvalue weighted by Crippen LogP contribution is -2.42. The minimum absolute atomic E-state index is 0.208. The Morgan fingerprint density at radius 2 is 1.69 bits per heavy atom. The average molecular weight is 364 g/mol. The largest absolute Gasteiger partial charge is 0.337 e. The predicted molar refractivity (Wildman–Crippen MR) is 88.3 cm³/mol. The standard InChI is InChI=1S/C17H18F2N4O3/c18-11-2-3-13(19)12(10-11)16(25)22-6-1-7-23(9-8-22)17(26)14-4-5-15(24)21-20-14/h2-3,10H,1,4-9H2,(H,21,24). The number of hydrogen-bond acceptors (Lipinski definition) is 4. The summed E-state index contributed by atoms with van der Waals surface area (Å²) in [5.74, 6) is -2.57. The lowest BCUT2D eigenvalue weighted by molar-refractivity contribution is -0.124. The lowest BCUT2D eigenvalue weighted by atomic mass is 10.1. The molecule has 1 aromatic rings. The highest BCUT2D eigenvalue weighted by molar-refractivity contribution is 6.39. The first-order valence-electron chi connectivity index (χ1n) is 8.34. The number of nitrogens with one attached hydrogen (secondary N) is 1. The van der Waals surface area contributed by atoms with E-state index in [1.807, 2.05) is 0 Å². The van der Waals surface area contributed by atoms with Crippen LogP contribution in [0.25, 0.3) is 0 Å². The zero-order valence-corrected chi connectivity index (χ0v) is 14.0. The third-order valence-electron chi connectivity index (χ3n) is 4.38. The van der Waals surface area contributed by atoms with E-state index < -0.39 is 17.5 Å². The van der Waals surface area contributed by atoms with Crippen molar-refractivity contribution < 1.29 is 23.2 Å². The van der Waals surface area contributed by atoms with Gasteiger partial charge in [-0.3, -0.25) is 14.4 Å². The van der Waals surface area contributed by atoms with Gasteiger partial charge in [-0.2, -0.15) is 5.10 Å². The number of halogens is 2. The summed E-state index contributed by atoms with van der Waals surface area (Å²) in [5, 5.41) is 3.79. The van der Waals surface area contributed by atoms with Crippen LogP contribution in [0.4, 0.5) is 8.78 Å². The monoisotopic (exact) mass is 364 g/mol. The van der Waals surface area contributed by atoms with E-state index in [2.05, 4.69) is 10.5 Å². The Kier molecular flexibility index (Phi) is 5.24. The summed E-state index contributed by atoms with van der Waals surface area (Å²) in [6.07, 6.45) is 0.994. The van der Waals surface area contributed by atoms with Crippen LogP contribution >= 0.6 is 0 Å². The van der Waals surface area contributed by atoms with Gasteiger partial charge < -0.3 is 9.80 Å². The van der Waals surface area contributed by atoms with Gasteiger partial charge in [0.1, 0.15) is 17.3 Å². The summed E-state index contributed by atoms with van der Waals surface area (Å²) in [6.45, 7) is 1.22. The molecule has 9 heteroatoms. The highest BCUT2D eigenvalue weighted by Gasteiger charge is 2.28. The maximum atomic E-state index is 13.8. The van der Waals surface area contributed by atoms with Crippen LogP contribution in [0.1, 0.15) is 29.6 Å². The van der Waals surface area contributed by atoms with Gasteiger partial charge in [-0.05, 0) is 24.6 Å². The van der Waals surface area contributed by atoms with Crippen molar-refractivity contribution in [3.8, 4) is 0 Å². The second-order valence-corrected chi connectivity index (χ2v) is 6.16. The molecule has 26 heavy (non-hydrogen) atoms. The summed E-state index contributed by atoms with van der Waals surface area (Å²) < 4.78 is 27.2. The fraction of sp³-hybridized carbons (Fsp3) is 0.412. The molecule has 0 bridgehead atoms. The first-order valence-corrected chi connectivity index (χ1v) is 8.34. The van der Waals surface area contributed by atoms with Crippen LogP contribution in [-0.4, -0.2) is 59.4 Å². The Hall–Kier alpha value is -2.84. The summed E-state index contributed by atoms with van der Waals surface area (Å²) in [5.41, 5.74) is 2.25. The third-order valence-corrected chi connectivity index (χ3v) is 4.38. The van der Waals surface area contributed by atoms with Crippen LogP contribution in [0.3, 0.4) is 0 Å². The molecule has 1 saturated heterocycles. The topological polar surface area (TPSA) is 82.1 Å². The van der Waals surface area contributed by atoms with E-state index in [-0.39, 0.29) is 49.0 Å². The molecule has 0 aromatic heterocycles. The van der Waals surface area contributed by atoms with Crippen LogP contribution in [-0.2, 0) is 9.59 Å². The summed E-state index contributed by atoms with van der Waals surface area (Å²) in [7, 11) is 0. The SMILES string of the molecule is O=C1CCC(C(=O)N2CCCN(C(=O)c3cc(F)ccc3F)CC2)=NN1. The van der Waals surface area contributed by atoms with Gasteiger partial charge >= 0.3 is 0 Å². The fourth-order valence-corrected chi connectivity index (χ4v) is 2.97. The fourth-order valence-electron chi connectivity index (χ4n) is 2.97. The van der Waals surface area contributed by atoms with Gasteiger partial charge in [0.25, 0.3) is 11.8 Å². The molecule has 7 nitrogen and oxygen atoms in total. The normalized spacial score (nSPS) is 18.1. The second kappa shape index (κ2) is 7.59. The van der Waals surface area contributed by atoms with Crippen molar-refractivity contribution in [1.29, 1.82) is 0 Å². The number of benzene rings is 1. The van der Waals surface area contributed by atoms with E-state index in [1.165, 1.54) is 4.90 Å². The number of hydrazone groups is 1. The number of amides is 3.